The average Bonchev–Trinajstić information content (AvgIpc) is 4.00. The van der Waals surface area contributed by atoms with Crippen molar-refractivity contribution in [1.29, 1.82) is 5.26 Å². The highest BCUT2D eigenvalue weighted by Gasteiger charge is 2.43. The molecule has 19 heteroatoms. The van der Waals surface area contributed by atoms with Gasteiger partial charge in [0.15, 0.2) is 11.5 Å². The van der Waals surface area contributed by atoms with Gasteiger partial charge in [0, 0.05) is 82.4 Å². The SMILES string of the molecule is COc1cc(Nc2c(C#N)cnc3cc(OCCCN4CCN(C(=O)CCCCCCNC(C(=O)N5CC(O)CC5C(=O)NCc5ccc(-c6scnc6C)cc5)C(C)(C)C)CC4)c(OC)cc23)c(Cl)cc1Cl. The normalized spacial score (nSPS) is 16.5. The smallest absolute Gasteiger partial charge is 0.243 e. The number of nitrogens with one attached hydrogen (secondary N) is 3. The second kappa shape index (κ2) is 25.5. The van der Waals surface area contributed by atoms with Crippen LogP contribution in [-0.2, 0) is 20.9 Å². The summed E-state index contributed by atoms with van der Waals surface area (Å²) < 4.78 is 17.3. The molecule has 73 heavy (non-hydrogen) atoms. The number of ether oxygens (including phenoxy) is 3. The summed E-state index contributed by atoms with van der Waals surface area (Å²) in [6.45, 7) is 13.3. The number of nitrogens with zero attached hydrogens (tertiary/aromatic N) is 6. The number of carbonyl (C=O) groups is 3. The van der Waals surface area contributed by atoms with Crippen LogP contribution >= 0.6 is 34.5 Å². The van der Waals surface area contributed by atoms with Crippen molar-refractivity contribution in [3.63, 3.8) is 0 Å². The summed E-state index contributed by atoms with van der Waals surface area (Å²) >= 11 is 14.4. The van der Waals surface area contributed by atoms with Crippen molar-refractivity contribution in [2.75, 3.05) is 72.0 Å². The van der Waals surface area contributed by atoms with E-state index >= 15 is 0 Å². The minimum absolute atomic E-state index is 0.114. The van der Waals surface area contributed by atoms with Gasteiger partial charge in [-0.2, -0.15) is 5.26 Å². The zero-order chi connectivity index (χ0) is 52.2. The fourth-order valence-electron chi connectivity index (χ4n) is 9.35. The number of anilines is 2. The molecule has 390 valence electrons. The molecule has 0 bridgehead atoms. The van der Waals surface area contributed by atoms with Gasteiger partial charge in [0.2, 0.25) is 17.7 Å². The number of benzene rings is 3. The lowest BCUT2D eigenvalue weighted by Gasteiger charge is -2.35. The molecule has 3 amide bonds. The molecule has 3 aromatic carbocycles. The maximum atomic E-state index is 14.1. The van der Waals surface area contributed by atoms with Crippen LogP contribution < -0.4 is 30.2 Å². The summed E-state index contributed by atoms with van der Waals surface area (Å²) in [7, 11) is 3.08. The van der Waals surface area contributed by atoms with Crippen molar-refractivity contribution in [3.8, 4) is 33.8 Å². The molecule has 3 unspecified atom stereocenters. The van der Waals surface area contributed by atoms with E-state index in [0.717, 1.165) is 73.4 Å². The molecule has 0 spiro atoms. The number of thiazole rings is 1. The highest BCUT2D eigenvalue weighted by atomic mass is 35.5. The number of methoxy groups -OCH3 is 2. The molecule has 0 aliphatic carbocycles. The minimum Gasteiger partial charge on any atom is -0.495 e. The molecular weight excluding hydrogens is 990 g/mol. The molecule has 3 atom stereocenters. The summed E-state index contributed by atoms with van der Waals surface area (Å²) in [6.07, 6.45) is 5.65. The Labute approximate surface area is 442 Å². The first-order chi connectivity index (χ1) is 35.1. The van der Waals surface area contributed by atoms with E-state index < -0.39 is 23.6 Å². The molecule has 0 radical (unpaired) electrons. The topological polar surface area (TPSA) is 195 Å². The third kappa shape index (κ3) is 14.1. The zero-order valence-electron chi connectivity index (χ0n) is 42.6. The molecule has 4 N–H and O–H groups in total. The number of hydrogen-bond acceptors (Lipinski definition) is 14. The van der Waals surface area contributed by atoms with E-state index in [1.54, 1.807) is 47.6 Å². The number of likely N-dealkylation sites (tertiary alicyclic amines) is 1. The van der Waals surface area contributed by atoms with Crippen molar-refractivity contribution >= 4 is 74.5 Å². The Morgan fingerprint density at radius 3 is 2.36 bits per heavy atom. The van der Waals surface area contributed by atoms with Gasteiger partial charge < -0.3 is 45.1 Å². The lowest BCUT2D eigenvalue weighted by molar-refractivity contribution is -0.142. The van der Waals surface area contributed by atoms with Crippen molar-refractivity contribution in [2.45, 2.75) is 97.4 Å². The van der Waals surface area contributed by atoms with E-state index in [2.05, 4.69) is 36.9 Å². The van der Waals surface area contributed by atoms with Crippen molar-refractivity contribution < 1.29 is 33.7 Å². The summed E-state index contributed by atoms with van der Waals surface area (Å²) in [4.78, 5) is 56.6. The summed E-state index contributed by atoms with van der Waals surface area (Å²) in [6, 6.07) is 15.8. The van der Waals surface area contributed by atoms with E-state index in [0.29, 0.717) is 94.3 Å². The van der Waals surface area contributed by atoms with Gasteiger partial charge >= 0.3 is 0 Å². The van der Waals surface area contributed by atoms with Gasteiger partial charge in [0.05, 0.1) is 81.6 Å². The maximum absolute atomic E-state index is 14.1. The number of halogens is 2. The molecule has 2 aliphatic rings. The van der Waals surface area contributed by atoms with Crippen LogP contribution in [0.1, 0.15) is 82.5 Å². The molecule has 2 saturated heterocycles. The molecule has 4 heterocycles. The van der Waals surface area contributed by atoms with E-state index in [1.807, 2.05) is 62.4 Å². The van der Waals surface area contributed by atoms with Crippen molar-refractivity contribution in [2.24, 2.45) is 5.41 Å². The first kappa shape index (κ1) is 55.0. The number of aromatic nitrogens is 2. The molecule has 0 saturated carbocycles. The van der Waals surface area contributed by atoms with Crippen molar-refractivity contribution in [1.82, 2.24) is 35.3 Å². The van der Waals surface area contributed by atoms with E-state index in [1.165, 1.54) is 13.3 Å². The fourth-order valence-corrected chi connectivity index (χ4v) is 10.7. The number of piperazine rings is 1. The van der Waals surface area contributed by atoms with Crippen LogP contribution in [0.2, 0.25) is 10.0 Å². The zero-order valence-corrected chi connectivity index (χ0v) is 44.9. The maximum Gasteiger partial charge on any atom is 0.243 e. The standard InChI is InChI=1S/C54H67Cl2N9O7S/c1-34-50(73-33-61-34)36-15-13-35(14-16-36)30-60-52(68)44-24-38(66)32-65(44)53(69)51(54(2,3)4)58-17-10-8-7-9-12-48(67)64-21-19-63(20-22-64)18-11-23-72-47-27-42-39(25-46(47)71-6)49(37(29-57)31-59-42)62-43-28-45(70-5)41(56)26-40(43)55/h13-16,25-28,31,33,38,44,51,58,66H,7-12,17-24,30,32H2,1-6H3,(H,59,62)(H,60,68). The summed E-state index contributed by atoms with van der Waals surface area (Å²) in [5, 5.41) is 31.7. The molecule has 5 aromatic rings. The van der Waals surface area contributed by atoms with Gasteiger partial charge in [-0.05, 0) is 61.4 Å². The number of amides is 3. The van der Waals surface area contributed by atoms with Crippen LogP contribution in [0.4, 0.5) is 11.4 Å². The Morgan fingerprint density at radius 1 is 0.932 bits per heavy atom. The quantitative estimate of drug-likeness (QED) is 0.0481. The van der Waals surface area contributed by atoms with Gasteiger partial charge in [-0.3, -0.25) is 24.3 Å². The third-order valence-corrected chi connectivity index (χ3v) is 15.0. The predicted molar refractivity (Wildman–Crippen MR) is 287 cm³/mol. The fraction of sp³-hybridized carbons (Fsp3) is 0.481. The molecule has 2 aliphatic heterocycles. The number of aliphatic hydroxyl groups excluding tert-OH is 1. The first-order valence-electron chi connectivity index (χ1n) is 24.9. The van der Waals surface area contributed by atoms with E-state index in [9.17, 15) is 24.8 Å². The number of fused-ring (bicyclic) bond motifs is 1. The van der Waals surface area contributed by atoms with Crippen LogP contribution in [0, 0.1) is 23.7 Å². The van der Waals surface area contributed by atoms with Crippen LogP contribution in [0.15, 0.2) is 60.2 Å². The molecule has 7 rings (SSSR count). The number of nitriles is 1. The molecule has 2 aromatic heterocycles. The van der Waals surface area contributed by atoms with Crippen LogP contribution in [0.3, 0.4) is 0 Å². The number of aliphatic hydroxyl groups is 1. The van der Waals surface area contributed by atoms with Crippen LogP contribution in [0.5, 0.6) is 17.2 Å². The molecular formula is C54H67Cl2N9O7S. The number of unbranched alkanes of at least 4 members (excludes halogenated alkanes) is 3. The highest BCUT2D eigenvalue weighted by molar-refractivity contribution is 7.13. The molecule has 2 fully saturated rings. The largest absolute Gasteiger partial charge is 0.495 e. The Bertz CT molecular complexity index is 2760. The highest BCUT2D eigenvalue weighted by Crippen LogP contribution is 2.41. The third-order valence-electron chi connectivity index (χ3n) is 13.4. The van der Waals surface area contributed by atoms with Gasteiger partial charge in [-0.15, -0.1) is 11.3 Å². The van der Waals surface area contributed by atoms with Gasteiger partial charge in [-0.1, -0.05) is 81.1 Å². The second-order valence-electron chi connectivity index (χ2n) is 19.7. The molecule has 16 nitrogen and oxygen atoms in total. The van der Waals surface area contributed by atoms with E-state index in [-0.39, 0.29) is 30.7 Å². The average molecular weight is 1060 g/mol. The van der Waals surface area contributed by atoms with Gasteiger partial charge in [-0.25, -0.2) is 4.98 Å². The number of rotatable bonds is 22. The number of aryl methyl sites for hydroxylation is 1. The van der Waals surface area contributed by atoms with Crippen LogP contribution in [-0.4, -0.2) is 132 Å². The monoisotopic (exact) mass is 1060 g/mol. The summed E-state index contributed by atoms with van der Waals surface area (Å²) in [5.41, 5.74) is 6.33. The number of pyridine rings is 1. The van der Waals surface area contributed by atoms with Gasteiger partial charge in [0.1, 0.15) is 17.9 Å². The Morgan fingerprint density at radius 2 is 1.67 bits per heavy atom. The lowest BCUT2D eigenvalue weighted by Crippen LogP contribution is -2.56. The Hall–Kier alpha value is -5.74. The number of carbonyl (C=O) groups excluding carboxylic acids is 3. The number of β-amino-alcohol motifs (C(OH)–C–C–N with tert-alkyl or cyclic N) is 1. The number of hydrogen-bond donors (Lipinski definition) is 4. The first-order valence-corrected chi connectivity index (χ1v) is 26.5. The Kier molecular flexibility index (Phi) is 19.2. The second-order valence-corrected chi connectivity index (χ2v) is 21.4. The van der Waals surface area contributed by atoms with Crippen molar-refractivity contribution in [3.05, 3.63) is 87.1 Å². The lowest BCUT2D eigenvalue weighted by atomic mass is 9.85. The minimum atomic E-state index is -0.774. The van der Waals surface area contributed by atoms with E-state index in [4.69, 9.17) is 37.4 Å². The Balaban J connectivity index is 0.791. The van der Waals surface area contributed by atoms with Crippen LogP contribution in [0.25, 0.3) is 21.3 Å². The summed E-state index contributed by atoms with van der Waals surface area (Å²) in [5.74, 6) is 1.18. The predicted octanol–water partition coefficient (Wildman–Crippen LogP) is 8.75. The van der Waals surface area contributed by atoms with Gasteiger partial charge in [0.25, 0.3) is 0 Å².